The lowest BCUT2D eigenvalue weighted by Gasteiger charge is -2.21. The lowest BCUT2D eigenvalue weighted by Crippen LogP contribution is -2.30. The Hall–Kier alpha value is -1.94. The molecule has 624 valence electrons. The predicted molar refractivity (Wildman–Crippen MR) is 432 cm³/mol. The maximum atomic E-state index is 13.1. The van der Waals surface area contributed by atoms with Crippen molar-refractivity contribution in [2.45, 2.75) is 477 Å². The Balaban J connectivity index is 5.24. The highest BCUT2D eigenvalue weighted by atomic mass is 31.2. The van der Waals surface area contributed by atoms with Crippen molar-refractivity contribution in [1.82, 2.24) is 0 Å². The minimum Gasteiger partial charge on any atom is -0.462 e. The highest BCUT2D eigenvalue weighted by molar-refractivity contribution is 7.47. The zero-order valence-corrected chi connectivity index (χ0v) is 70.8. The van der Waals surface area contributed by atoms with Crippen LogP contribution in [0.5, 0.6) is 0 Å². The second-order valence-electron chi connectivity index (χ2n) is 31.9. The average Bonchev–Trinajstić information content (AvgIpc) is 0.906. The van der Waals surface area contributed by atoms with E-state index in [-0.39, 0.29) is 25.7 Å². The van der Waals surface area contributed by atoms with Crippen molar-refractivity contribution in [3.8, 4) is 0 Å². The quantitative estimate of drug-likeness (QED) is 0.0222. The number of aliphatic hydroxyl groups excluding tert-OH is 1. The van der Waals surface area contributed by atoms with E-state index in [1.54, 1.807) is 0 Å². The molecule has 0 rings (SSSR count). The molecule has 0 amide bonds. The minimum atomic E-state index is -4.97. The van der Waals surface area contributed by atoms with Crippen molar-refractivity contribution in [3.05, 3.63) is 0 Å². The van der Waals surface area contributed by atoms with Crippen molar-refractivity contribution in [3.63, 3.8) is 0 Å². The average molecular weight is 1540 g/mol. The third-order valence-corrected chi connectivity index (χ3v) is 22.1. The molecule has 0 aliphatic rings. The van der Waals surface area contributed by atoms with Crippen LogP contribution in [0.2, 0.25) is 0 Å². The molecule has 17 nitrogen and oxygen atoms in total. The first kappa shape index (κ1) is 103. The van der Waals surface area contributed by atoms with Crippen molar-refractivity contribution in [1.29, 1.82) is 0 Å². The molecule has 0 spiro atoms. The molecule has 0 bridgehead atoms. The molecule has 3 N–H and O–H groups in total. The van der Waals surface area contributed by atoms with Crippen molar-refractivity contribution >= 4 is 39.5 Å². The predicted octanol–water partition coefficient (Wildman–Crippen LogP) is 26.2. The summed E-state index contributed by atoms with van der Waals surface area (Å²) in [5, 5.41) is 10.7. The number of carbonyl (C=O) groups is 4. The molecule has 0 saturated heterocycles. The smallest absolute Gasteiger partial charge is 0.462 e. The molecule has 0 saturated carbocycles. The van der Waals surface area contributed by atoms with Gasteiger partial charge >= 0.3 is 39.5 Å². The number of aliphatic hydroxyl groups is 1. The van der Waals surface area contributed by atoms with Gasteiger partial charge in [0.25, 0.3) is 0 Å². The first-order valence-corrected chi connectivity index (χ1v) is 47.5. The lowest BCUT2D eigenvalue weighted by atomic mass is 10.0. The largest absolute Gasteiger partial charge is 0.472 e. The number of rotatable bonds is 85. The fourth-order valence-corrected chi connectivity index (χ4v) is 15.0. The number of ether oxygens (including phenoxy) is 4. The second-order valence-corrected chi connectivity index (χ2v) is 34.8. The van der Waals surface area contributed by atoms with E-state index >= 15 is 0 Å². The summed E-state index contributed by atoms with van der Waals surface area (Å²) in [5.74, 6) is -0.563. The fraction of sp³-hybridized carbons (Fsp3) is 0.953. The third-order valence-electron chi connectivity index (χ3n) is 20.2. The summed E-state index contributed by atoms with van der Waals surface area (Å²) in [6.45, 7) is 9.67. The van der Waals surface area contributed by atoms with Gasteiger partial charge in [0, 0.05) is 25.7 Å². The minimum absolute atomic E-state index is 0.108. The molecule has 0 radical (unpaired) electrons. The van der Waals surface area contributed by atoms with Gasteiger partial charge in [-0.05, 0) is 37.5 Å². The second kappa shape index (κ2) is 77.4. The fourth-order valence-electron chi connectivity index (χ4n) is 13.4. The number of hydrogen-bond acceptors (Lipinski definition) is 15. The maximum Gasteiger partial charge on any atom is 0.472 e. The Morgan fingerprint density at radius 3 is 0.648 bits per heavy atom. The van der Waals surface area contributed by atoms with Crippen LogP contribution in [0.1, 0.15) is 459 Å². The number of esters is 4. The number of phosphoric ester groups is 2. The van der Waals surface area contributed by atoms with Crippen LogP contribution in [-0.2, 0) is 65.4 Å². The van der Waals surface area contributed by atoms with E-state index in [0.717, 1.165) is 102 Å². The molecule has 0 aromatic heterocycles. The summed E-state index contributed by atoms with van der Waals surface area (Å²) >= 11 is 0. The van der Waals surface area contributed by atoms with Gasteiger partial charge in [0.2, 0.25) is 0 Å². The van der Waals surface area contributed by atoms with E-state index < -0.39 is 97.5 Å². The zero-order valence-electron chi connectivity index (χ0n) is 69.0. The topological polar surface area (TPSA) is 237 Å². The normalized spacial score (nSPS) is 13.8. The van der Waals surface area contributed by atoms with Gasteiger partial charge in [-0.2, -0.15) is 0 Å². The molecule has 0 heterocycles. The summed E-state index contributed by atoms with van der Waals surface area (Å²) in [4.78, 5) is 73.2. The summed E-state index contributed by atoms with van der Waals surface area (Å²) in [6.07, 6.45) is 69.5. The molecule has 0 fully saturated rings. The molecular formula is C86H168O17P2. The highest BCUT2D eigenvalue weighted by Crippen LogP contribution is 2.45. The van der Waals surface area contributed by atoms with Gasteiger partial charge < -0.3 is 33.8 Å². The molecule has 0 aromatic carbocycles. The van der Waals surface area contributed by atoms with E-state index in [0.29, 0.717) is 25.7 Å². The van der Waals surface area contributed by atoms with E-state index in [1.807, 2.05) is 0 Å². The summed E-state index contributed by atoms with van der Waals surface area (Å²) in [7, 11) is -9.93. The maximum absolute atomic E-state index is 13.1. The molecule has 2 unspecified atom stereocenters. The van der Waals surface area contributed by atoms with Crippen LogP contribution in [0.3, 0.4) is 0 Å². The van der Waals surface area contributed by atoms with Crippen molar-refractivity contribution in [2.75, 3.05) is 39.6 Å². The van der Waals surface area contributed by atoms with Crippen LogP contribution in [-0.4, -0.2) is 96.7 Å². The van der Waals surface area contributed by atoms with Crippen molar-refractivity contribution in [2.24, 2.45) is 11.8 Å². The zero-order chi connectivity index (χ0) is 77.1. The van der Waals surface area contributed by atoms with E-state index in [9.17, 15) is 43.2 Å². The molecule has 105 heavy (non-hydrogen) atoms. The van der Waals surface area contributed by atoms with Gasteiger partial charge in [0.1, 0.15) is 19.3 Å². The van der Waals surface area contributed by atoms with Crippen LogP contribution >= 0.6 is 15.6 Å². The third kappa shape index (κ3) is 79.9. The van der Waals surface area contributed by atoms with Crippen LogP contribution < -0.4 is 0 Å². The number of unbranched alkanes of at least 4 members (excludes halogenated alkanes) is 55. The number of carbonyl (C=O) groups excluding carboxylic acids is 4. The Bertz CT molecular complexity index is 2010. The van der Waals surface area contributed by atoms with Crippen LogP contribution in [0, 0.1) is 11.8 Å². The Labute approximate surface area is 645 Å². The van der Waals surface area contributed by atoms with E-state index in [4.69, 9.17) is 37.0 Å². The SMILES string of the molecule is CCCCCCCCCCCCCCCCCCCCCCC(=O)O[C@H](COC(=O)CCCCCCCCCCCCCCCCCCC(C)C)COP(=O)(O)OC[C@@H](O)COP(=O)(O)OC[C@@H](COC(=O)CCCCCCCCCCC(C)C)OC(=O)CCCCCCCCCCCCCCCCC. The van der Waals surface area contributed by atoms with Gasteiger partial charge in [0.15, 0.2) is 12.2 Å². The number of phosphoric acid groups is 2. The molecule has 0 aliphatic heterocycles. The highest BCUT2D eigenvalue weighted by Gasteiger charge is 2.30. The monoisotopic (exact) mass is 1540 g/mol. The van der Waals surface area contributed by atoms with Gasteiger partial charge in [-0.1, -0.05) is 408 Å². The number of hydrogen-bond donors (Lipinski definition) is 3. The lowest BCUT2D eigenvalue weighted by molar-refractivity contribution is -0.161. The summed E-state index contributed by atoms with van der Waals surface area (Å²) in [5.41, 5.74) is 0. The van der Waals surface area contributed by atoms with E-state index in [1.165, 1.54) is 276 Å². The first-order chi connectivity index (χ1) is 50.9. The Morgan fingerprint density at radius 1 is 0.257 bits per heavy atom. The van der Waals surface area contributed by atoms with Gasteiger partial charge in [-0.15, -0.1) is 0 Å². The molecule has 0 aliphatic carbocycles. The summed E-state index contributed by atoms with van der Waals surface area (Å²) < 4.78 is 68.9. The van der Waals surface area contributed by atoms with Gasteiger partial charge in [-0.25, -0.2) is 9.13 Å². The molecule has 19 heteroatoms. The standard InChI is InChI=1S/C86H168O17P2/c1-7-9-11-13-15-17-19-21-23-24-25-26-27-33-37-41-45-53-59-65-71-85(90)102-81(74-96-83(88)68-62-56-50-43-39-35-32-29-28-31-34-38-42-48-54-60-66-78(3)4)76-100-104(92,93)98-72-80(87)73-99-105(94,95)101-77-82(75-97-84(89)69-63-57-51-47-46-49-55-61-67-79(5)6)103-86(91)70-64-58-52-44-40-36-30-22-20-18-16-14-12-10-8-2/h78-82,87H,7-77H2,1-6H3,(H,92,93)(H,94,95)/t80-,81-,82-/m1/s1. The van der Waals surface area contributed by atoms with Crippen LogP contribution in [0.25, 0.3) is 0 Å². The van der Waals surface area contributed by atoms with Crippen LogP contribution in [0.15, 0.2) is 0 Å². The van der Waals surface area contributed by atoms with Crippen LogP contribution in [0.4, 0.5) is 0 Å². The van der Waals surface area contributed by atoms with Gasteiger partial charge in [-0.3, -0.25) is 37.3 Å². The van der Waals surface area contributed by atoms with Crippen molar-refractivity contribution < 1.29 is 80.2 Å². The Morgan fingerprint density at radius 2 is 0.438 bits per heavy atom. The van der Waals surface area contributed by atoms with E-state index in [2.05, 4.69) is 41.5 Å². The molecular weight excluding hydrogens is 1370 g/mol. The van der Waals surface area contributed by atoms with Gasteiger partial charge in [0.05, 0.1) is 26.4 Å². The summed E-state index contributed by atoms with van der Waals surface area (Å²) in [6, 6.07) is 0. The molecule has 0 aromatic rings. The molecule has 5 atom stereocenters. The Kier molecular flexibility index (Phi) is 76.0. The first-order valence-electron chi connectivity index (χ1n) is 44.5.